The van der Waals surface area contributed by atoms with Gasteiger partial charge in [0.05, 0.1) is 21.6 Å². The lowest BCUT2D eigenvalue weighted by molar-refractivity contribution is -0.137. The zero-order chi connectivity index (χ0) is 15.6. The molecule has 0 aliphatic rings. The first-order chi connectivity index (χ1) is 9.08. The maximum absolute atomic E-state index is 12.6. The zero-order valence-corrected chi connectivity index (χ0v) is 12.0. The second-order valence-corrected chi connectivity index (χ2v) is 6.23. The first kappa shape index (κ1) is 17.2. The number of benzene rings is 1. The molecule has 1 unspecified atom stereocenters. The van der Waals surface area contributed by atoms with Crippen molar-refractivity contribution in [1.82, 2.24) is 4.72 Å². The number of sulfonamides is 1. The summed E-state index contributed by atoms with van der Waals surface area (Å²) >= 11 is 5.41. The Hall–Kier alpha value is -0.830. The molecule has 0 amide bonds. The minimum absolute atomic E-state index is 0.275. The summed E-state index contributed by atoms with van der Waals surface area (Å²) in [6.45, 7) is 1.37. The van der Waals surface area contributed by atoms with Crippen molar-refractivity contribution in [2.45, 2.75) is 30.5 Å². The van der Waals surface area contributed by atoms with Gasteiger partial charge in [0.1, 0.15) is 0 Å². The summed E-state index contributed by atoms with van der Waals surface area (Å²) in [6, 6.07) is 2.30. The van der Waals surface area contributed by atoms with Crippen molar-refractivity contribution < 1.29 is 26.7 Å². The summed E-state index contributed by atoms with van der Waals surface area (Å²) in [5.74, 6) is 0. The molecule has 0 spiro atoms. The van der Waals surface area contributed by atoms with Crippen LogP contribution in [0.25, 0.3) is 0 Å². The van der Waals surface area contributed by atoms with Gasteiger partial charge in [-0.1, -0.05) is 18.5 Å². The molecule has 0 aliphatic carbocycles. The third-order valence-corrected chi connectivity index (χ3v) is 4.28. The van der Waals surface area contributed by atoms with Gasteiger partial charge in [-0.2, -0.15) is 13.2 Å². The predicted molar refractivity (Wildman–Crippen MR) is 67.9 cm³/mol. The van der Waals surface area contributed by atoms with Crippen molar-refractivity contribution in [1.29, 1.82) is 0 Å². The van der Waals surface area contributed by atoms with E-state index in [1.54, 1.807) is 6.92 Å². The highest BCUT2D eigenvalue weighted by molar-refractivity contribution is 7.89. The minimum atomic E-state index is -4.74. The molecule has 1 rings (SSSR count). The lowest BCUT2D eigenvalue weighted by Gasteiger charge is -2.13. The monoisotopic (exact) mass is 331 g/mol. The van der Waals surface area contributed by atoms with E-state index in [4.69, 9.17) is 11.6 Å². The van der Waals surface area contributed by atoms with Gasteiger partial charge in [-0.05, 0) is 24.6 Å². The maximum Gasteiger partial charge on any atom is 0.417 e. The highest BCUT2D eigenvalue weighted by atomic mass is 35.5. The van der Waals surface area contributed by atoms with Crippen LogP contribution in [0.1, 0.15) is 18.9 Å². The number of nitrogens with one attached hydrogen (secondary N) is 1. The van der Waals surface area contributed by atoms with Gasteiger partial charge in [-0.3, -0.25) is 0 Å². The van der Waals surface area contributed by atoms with Crippen LogP contribution in [0.4, 0.5) is 13.2 Å². The van der Waals surface area contributed by atoms with Crippen LogP contribution >= 0.6 is 11.6 Å². The Morgan fingerprint density at radius 1 is 1.40 bits per heavy atom. The third kappa shape index (κ3) is 4.34. The Bertz CT molecular complexity index is 575. The summed E-state index contributed by atoms with van der Waals surface area (Å²) in [6.07, 6.45) is -5.33. The molecule has 9 heteroatoms. The second-order valence-electron chi connectivity index (χ2n) is 4.05. The van der Waals surface area contributed by atoms with Crippen molar-refractivity contribution in [2.24, 2.45) is 0 Å². The van der Waals surface area contributed by atoms with Crippen LogP contribution in [0, 0.1) is 0 Å². The van der Waals surface area contributed by atoms with Crippen LogP contribution < -0.4 is 4.72 Å². The molecule has 4 nitrogen and oxygen atoms in total. The Morgan fingerprint density at radius 2 is 2.00 bits per heavy atom. The van der Waals surface area contributed by atoms with Gasteiger partial charge in [-0.25, -0.2) is 13.1 Å². The molecule has 1 atom stereocenters. The van der Waals surface area contributed by atoms with Crippen LogP contribution in [-0.2, 0) is 16.2 Å². The first-order valence-electron chi connectivity index (χ1n) is 5.62. The fraction of sp³-hybridized carbons (Fsp3) is 0.455. The maximum atomic E-state index is 12.6. The van der Waals surface area contributed by atoms with Gasteiger partial charge < -0.3 is 5.11 Å². The van der Waals surface area contributed by atoms with Gasteiger partial charge >= 0.3 is 6.18 Å². The fourth-order valence-corrected chi connectivity index (χ4v) is 2.65. The number of halogens is 4. The summed E-state index contributed by atoms with van der Waals surface area (Å²) in [5, 5.41) is 8.69. The third-order valence-electron chi connectivity index (χ3n) is 2.53. The van der Waals surface area contributed by atoms with Crippen LogP contribution in [0.3, 0.4) is 0 Å². The number of hydrogen-bond donors (Lipinski definition) is 2. The van der Waals surface area contributed by atoms with Crippen LogP contribution in [0.5, 0.6) is 0 Å². The van der Waals surface area contributed by atoms with Crippen LogP contribution in [0.2, 0.25) is 5.02 Å². The van der Waals surface area contributed by atoms with E-state index in [-0.39, 0.29) is 6.54 Å². The molecule has 0 radical (unpaired) electrons. The van der Waals surface area contributed by atoms with Gasteiger partial charge in [0.25, 0.3) is 0 Å². The summed E-state index contributed by atoms with van der Waals surface area (Å²) in [7, 11) is -4.13. The van der Waals surface area contributed by atoms with E-state index in [1.807, 2.05) is 4.72 Å². The average molecular weight is 332 g/mol. The summed E-state index contributed by atoms with van der Waals surface area (Å²) in [5.41, 5.74) is -1.22. The molecular weight excluding hydrogens is 319 g/mol. The average Bonchev–Trinajstić information content (AvgIpc) is 2.34. The van der Waals surface area contributed by atoms with Crippen LogP contribution in [0.15, 0.2) is 23.1 Å². The van der Waals surface area contributed by atoms with Crippen molar-refractivity contribution in [2.75, 3.05) is 6.54 Å². The smallest absolute Gasteiger partial charge is 0.392 e. The van der Waals surface area contributed by atoms with E-state index in [9.17, 15) is 26.7 Å². The molecule has 20 heavy (non-hydrogen) atoms. The molecule has 1 aromatic carbocycles. The fourth-order valence-electron chi connectivity index (χ4n) is 1.32. The van der Waals surface area contributed by atoms with Crippen molar-refractivity contribution in [3.05, 3.63) is 28.8 Å². The van der Waals surface area contributed by atoms with Gasteiger partial charge in [0.15, 0.2) is 0 Å². The SMILES string of the molecule is CCC(O)CNS(=O)(=O)c1ccc(Cl)c(C(F)(F)F)c1. The Balaban J connectivity index is 3.08. The first-order valence-corrected chi connectivity index (χ1v) is 7.48. The number of hydrogen-bond acceptors (Lipinski definition) is 3. The standard InChI is InChI=1S/C11H13ClF3NO3S/c1-2-7(17)6-16-20(18,19)8-3-4-10(12)9(5-8)11(13,14)15/h3-5,7,16-17H,2,6H2,1H3. The number of alkyl halides is 3. The molecule has 0 bridgehead atoms. The normalized spacial score (nSPS) is 14.3. The molecule has 0 fully saturated rings. The Labute approximate surface area is 119 Å². The minimum Gasteiger partial charge on any atom is -0.392 e. The Kier molecular flexibility index (Phi) is 5.42. The van der Waals surface area contributed by atoms with Gasteiger partial charge in [-0.15, -0.1) is 0 Å². The number of rotatable bonds is 5. The zero-order valence-electron chi connectivity index (χ0n) is 10.4. The summed E-state index contributed by atoms with van der Waals surface area (Å²) in [4.78, 5) is -0.558. The van der Waals surface area contributed by atoms with Crippen molar-refractivity contribution in [3.8, 4) is 0 Å². The van der Waals surface area contributed by atoms with Crippen molar-refractivity contribution in [3.63, 3.8) is 0 Å². The molecular formula is C11H13ClF3NO3S. The van der Waals surface area contributed by atoms with Crippen LogP contribution in [-0.4, -0.2) is 26.2 Å². The number of aliphatic hydroxyl groups is 1. The number of aliphatic hydroxyl groups excluding tert-OH is 1. The largest absolute Gasteiger partial charge is 0.417 e. The highest BCUT2D eigenvalue weighted by Gasteiger charge is 2.34. The lowest BCUT2D eigenvalue weighted by Crippen LogP contribution is -2.32. The van der Waals surface area contributed by atoms with E-state index >= 15 is 0 Å². The molecule has 0 aromatic heterocycles. The topological polar surface area (TPSA) is 66.4 Å². The van der Waals surface area contributed by atoms with Gasteiger partial charge in [0, 0.05) is 6.54 Å². The molecule has 1 aromatic rings. The molecule has 0 heterocycles. The van der Waals surface area contributed by atoms with E-state index in [1.165, 1.54) is 0 Å². The van der Waals surface area contributed by atoms with Crippen molar-refractivity contribution >= 4 is 21.6 Å². The predicted octanol–water partition coefficient (Wildman–Crippen LogP) is 2.41. The molecule has 0 saturated carbocycles. The van der Waals surface area contributed by atoms with E-state index in [0.29, 0.717) is 12.5 Å². The highest BCUT2D eigenvalue weighted by Crippen LogP contribution is 2.35. The molecule has 0 saturated heterocycles. The second kappa shape index (κ2) is 6.30. The Morgan fingerprint density at radius 3 is 2.50 bits per heavy atom. The van der Waals surface area contributed by atoms with E-state index in [2.05, 4.69) is 0 Å². The van der Waals surface area contributed by atoms with Gasteiger partial charge in [0.2, 0.25) is 10.0 Å². The van der Waals surface area contributed by atoms with E-state index < -0.39 is 37.8 Å². The van der Waals surface area contributed by atoms with E-state index in [0.717, 1.165) is 12.1 Å². The molecule has 114 valence electrons. The molecule has 0 aliphatic heterocycles. The lowest BCUT2D eigenvalue weighted by atomic mass is 10.2. The summed E-state index contributed by atoms with van der Waals surface area (Å²) < 4.78 is 63.6. The molecule has 2 N–H and O–H groups in total. The quantitative estimate of drug-likeness (QED) is 0.870.